The van der Waals surface area contributed by atoms with Gasteiger partial charge in [-0.2, -0.15) is 0 Å². The molecular weight excluding hydrogens is 424 g/mol. The van der Waals surface area contributed by atoms with Crippen molar-refractivity contribution in [1.82, 2.24) is 9.55 Å². The lowest BCUT2D eigenvalue weighted by Gasteiger charge is -2.13. The van der Waals surface area contributed by atoms with E-state index < -0.39 is 0 Å². The Morgan fingerprint density at radius 3 is 2.59 bits per heavy atom. The van der Waals surface area contributed by atoms with Gasteiger partial charge in [0.05, 0.1) is 19.6 Å². The van der Waals surface area contributed by atoms with E-state index >= 15 is 0 Å². The maximum atomic E-state index is 13.7. The van der Waals surface area contributed by atoms with E-state index in [2.05, 4.69) is 0 Å². The van der Waals surface area contributed by atoms with Crippen LogP contribution in [0.15, 0.2) is 58.7 Å². The summed E-state index contributed by atoms with van der Waals surface area (Å²) in [5.41, 5.74) is 3.61. The van der Waals surface area contributed by atoms with Crippen LogP contribution in [0.5, 0.6) is 5.75 Å². The van der Waals surface area contributed by atoms with Gasteiger partial charge in [-0.3, -0.25) is 14.2 Å². The standard InChI is InChI=1S/C25H24N2O4S/c1-16-9-11-17(12-10-16)23-26-24-22(25(29)27(23)13-5-8-21(28)31-3)20(15-32-24)18-6-4-7-19(14-18)30-2/h4,6-7,9-12,14-15H,5,8,13H2,1-3H3. The maximum Gasteiger partial charge on any atom is 0.305 e. The van der Waals surface area contributed by atoms with Crippen LogP contribution in [0.2, 0.25) is 0 Å². The van der Waals surface area contributed by atoms with Gasteiger partial charge in [0.2, 0.25) is 0 Å². The lowest BCUT2D eigenvalue weighted by atomic mass is 10.1. The van der Waals surface area contributed by atoms with Crippen molar-refractivity contribution in [2.24, 2.45) is 0 Å². The summed E-state index contributed by atoms with van der Waals surface area (Å²) in [5, 5.41) is 2.54. The zero-order chi connectivity index (χ0) is 22.7. The minimum Gasteiger partial charge on any atom is -0.497 e. The van der Waals surface area contributed by atoms with E-state index in [4.69, 9.17) is 14.5 Å². The molecule has 0 atom stereocenters. The number of nitrogens with zero attached hydrogens (tertiary/aromatic N) is 2. The Morgan fingerprint density at radius 1 is 1.09 bits per heavy atom. The van der Waals surface area contributed by atoms with Crippen molar-refractivity contribution in [3.8, 4) is 28.3 Å². The molecule has 6 nitrogen and oxygen atoms in total. The number of aromatic nitrogens is 2. The predicted molar refractivity (Wildman–Crippen MR) is 127 cm³/mol. The van der Waals surface area contributed by atoms with Gasteiger partial charge in [-0.05, 0) is 31.0 Å². The average molecular weight is 449 g/mol. The van der Waals surface area contributed by atoms with Crippen molar-refractivity contribution in [2.45, 2.75) is 26.3 Å². The molecule has 164 valence electrons. The Hall–Kier alpha value is -3.45. The Kier molecular flexibility index (Phi) is 6.37. The van der Waals surface area contributed by atoms with Gasteiger partial charge in [-0.1, -0.05) is 42.0 Å². The van der Waals surface area contributed by atoms with Crippen molar-refractivity contribution in [3.63, 3.8) is 0 Å². The number of fused-ring (bicyclic) bond motifs is 1. The van der Waals surface area contributed by atoms with E-state index in [-0.39, 0.29) is 17.9 Å². The molecule has 0 aliphatic heterocycles. The molecule has 0 saturated heterocycles. The lowest BCUT2D eigenvalue weighted by Crippen LogP contribution is -2.24. The van der Waals surface area contributed by atoms with Crippen LogP contribution in [0, 0.1) is 6.92 Å². The Bertz CT molecular complexity index is 1320. The van der Waals surface area contributed by atoms with Gasteiger partial charge in [0.1, 0.15) is 16.4 Å². The molecule has 0 saturated carbocycles. The van der Waals surface area contributed by atoms with E-state index in [1.54, 1.807) is 11.7 Å². The van der Waals surface area contributed by atoms with Gasteiger partial charge in [0.25, 0.3) is 5.56 Å². The molecular formula is C25H24N2O4S. The highest BCUT2D eigenvalue weighted by Gasteiger charge is 2.18. The monoisotopic (exact) mass is 448 g/mol. The summed E-state index contributed by atoms with van der Waals surface area (Å²) in [4.78, 5) is 30.9. The molecule has 0 amide bonds. The molecule has 0 radical (unpaired) electrons. The van der Waals surface area contributed by atoms with Gasteiger partial charge >= 0.3 is 5.97 Å². The molecule has 4 aromatic rings. The molecule has 2 aromatic carbocycles. The van der Waals surface area contributed by atoms with E-state index in [0.717, 1.165) is 28.0 Å². The average Bonchev–Trinajstić information content (AvgIpc) is 3.25. The Morgan fingerprint density at radius 2 is 1.88 bits per heavy atom. The van der Waals surface area contributed by atoms with Crippen molar-refractivity contribution < 1.29 is 14.3 Å². The molecule has 2 aromatic heterocycles. The fraction of sp³-hybridized carbons (Fsp3) is 0.240. The smallest absolute Gasteiger partial charge is 0.305 e. The van der Waals surface area contributed by atoms with Gasteiger partial charge in [-0.25, -0.2) is 4.98 Å². The number of aryl methyl sites for hydroxylation is 1. The zero-order valence-electron chi connectivity index (χ0n) is 18.3. The minimum atomic E-state index is -0.295. The van der Waals surface area contributed by atoms with Crippen LogP contribution in [-0.4, -0.2) is 29.7 Å². The summed E-state index contributed by atoms with van der Waals surface area (Å²) >= 11 is 1.45. The first-order valence-electron chi connectivity index (χ1n) is 10.3. The van der Waals surface area contributed by atoms with Crippen molar-refractivity contribution in [1.29, 1.82) is 0 Å². The number of ether oxygens (including phenoxy) is 2. The van der Waals surface area contributed by atoms with Crippen LogP contribution in [0.3, 0.4) is 0 Å². The highest BCUT2D eigenvalue weighted by molar-refractivity contribution is 7.17. The first kappa shape index (κ1) is 21.8. The number of thiophene rings is 1. The van der Waals surface area contributed by atoms with Crippen LogP contribution in [0.25, 0.3) is 32.7 Å². The Labute approximate surface area is 190 Å². The van der Waals surface area contributed by atoms with Crippen LogP contribution in [-0.2, 0) is 16.1 Å². The molecule has 0 aliphatic carbocycles. The van der Waals surface area contributed by atoms with E-state index in [9.17, 15) is 9.59 Å². The van der Waals surface area contributed by atoms with Crippen LogP contribution in [0.4, 0.5) is 0 Å². The largest absolute Gasteiger partial charge is 0.497 e. The summed E-state index contributed by atoms with van der Waals surface area (Å²) in [6.07, 6.45) is 0.720. The molecule has 0 spiro atoms. The summed E-state index contributed by atoms with van der Waals surface area (Å²) < 4.78 is 11.8. The number of hydrogen-bond acceptors (Lipinski definition) is 6. The SMILES string of the molecule is COC(=O)CCCn1c(-c2ccc(C)cc2)nc2scc(-c3cccc(OC)c3)c2c1=O. The summed E-state index contributed by atoms with van der Waals surface area (Å²) in [5.74, 6) is 1.03. The highest BCUT2D eigenvalue weighted by atomic mass is 32.1. The fourth-order valence-corrected chi connectivity index (χ4v) is 4.58. The fourth-order valence-electron chi connectivity index (χ4n) is 3.64. The second-order valence-corrected chi connectivity index (χ2v) is 8.36. The second-order valence-electron chi connectivity index (χ2n) is 7.50. The first-order valence-corrected chi connectivity index (χ1v) is 11.2. The maximum absolute atomic E-state index is 13.7. The van der Waals surface area contributed by atoms with Gasteiger partial charge < -0.3 is 9.47 Å². The Balaban J connectivity index is 1.87. The van der Waals surface area contributed by atoms with Gasteiger partial charge in [0, 0.05) is 29.5 Å². The van der Waals surface area contributed by atoms with E-state index in [0.29, 0.717) is 29.0 Å². The predicted octanol–water partition coefficient (Wildman–Crippen LogP) is 5.06. The molecule has 0 aliphatic rings. The van der Waals surface area contributed by atoms with Crippen LogP contribution < -0.4 is 10.3 Å². The molecule has 0 bridgehead atoms. The summed E-state index contributed by atoms with van der Waals surface area (Å²) in [6.45, 7) is 2.39. The molecule has 7 heteroatoms. The molecule has 32 heavy (non-hydrogen) atoms. The molecule has 0 unspecified atom stereocenters. The number of methoxy groups -OCH3 is 2. The topological polar surface area (TPSA) is 70.4 Å². The zero-order valence-corrected chi connectivity index (χ0v) is 19.1. The third-order valence-electron chi connectivity index (χ3n) is 5.37. The van der Waals surface area contributed by atoms with Crippen molar-refractivity contribution >= 4 is 27.5 Å². The lowest BCUT2D eigenvalue weighted by molar-refractivity contribution is -0.140. The number of carbonyl (C=O) groups is 1. The number of rotatable bonds is 7. The third kappa shape index (κ3) is 4.29. The number of esters is 1. The first-order chi connectivity index (χ1) is 15.5. The van der Waals surface area contributed by atoms with Crippen LogP contribution in [0.1, 0.15) is 18.4 Å². The molecule has 4 rings (SSSR count). The summed E-state index contributed by atoms with van der Waals surface area (Å²) in [6, 6.07) is 15.6. The van der Waals surface area contributed by atoms with Crippen molar-refractivity contribution in [3.05, 3.63) is 69.8 Å². The number of hydrogen-bond donors (Lipinski definition) is 0. The minimum absolute atomic E-state index is 0.116. The summed E-state index contributed by atoms with van der Waals surface area (Å²) in [7, 11) is 2.99. The van der Waals surface area contributed by atoms with E-state index in [1.807, 2.05) is 60.8 Å². The van der Waals surface area contributed by atoms with Crippen LogP contribution >= 0.6 is 11.3 Å². The molecule has 0 N–H and O–H groups in total. The van der Waals surface area contributed by atoms with Crippen molar-refractivity contribution in [2.75, 3.05) is 14.2 Å². The second kappa shape index (κ2) is 9.36. The number of carbonyl (C=O) groups excluding carboxylic acids is 1. The van der Waals surface area contributed by atoms with Gasteiger partial charge in [0.15, 0.2) is 0 Å². The molecule has 2 heterocycles. The van der Waals surface area contributed by atoms with Gasteiger partial charge in [-0.15, -0.1) is 11.3 Å². The highest BCUT2D eigenvalue weighted by Crippen LogP contribution is 2.34. The molecule has 0 fully saturated rings. The quantitative estimate of drug-likeness (QED) is 0.370. The number of benzene rings is 2. The van der Waals surface area contributed by atoms with E-state index in [1.165, 1.54) is 18.4 Å². The normalized spacial score (nSPS) is 11.0. The third-order valence-corrected chi connectivity index (χ3v) is 6.25.